The summed E-state index contributed by atoms with van der Waals surface area (Å²) in [5.41, 5.74) is 0. The summed E-state index contributed by atoms with van der Waals surface area (Å²) in [7, 11) is 0. The molecular formula is C72H128O6. The summed E-state index contributed by atoms with van der Waals surface area (Å²) in [6.07, 6.45) is 86.8. The van der Waals surface area contributed by atoms with Gasteiger partial charge in [-0.3, -0.25) is 14.4 Å². The minimum atomic E-state index is -0.811. The number of ether oxygens (including phenoxy) is 3. The molecular weight excluding hydrogens is 961 g/mol. The molecule has 452 valence electrons. The minimum Gasteiger partial charge on any atom is -0.462 e. The summed E-state index contributed by atoms with van der Waals surface area (Å²) in [6, 6.07) is 0. The van der Waals surface area contributed by atoms with Crippen molar-refractivity contribution in [3.8, 4) is 0 Å². The zero-order chi connectivity index (χ0) is 56.4. The third kappa shape index (κ3) is 63.7. The lowest BCUT2D eigenvalue weighted by Crippen LogP contribution is -2.30. The molecule has 0 aromatic heterocycles. The van der Waals surface area contributed by atoms with Crippen LogP contribution in [0.1, 0.15) is 348 Å². The maximum absolute atomic E-state index is 12.9. The number of hydrogen-bond donors (Lipinski definition) is 0. The van der Waals surface area contributed by atoms with Gasteiger partial charge in [0, 0.05) is 19.3 Å². The summed E-state index contributed by atoms with van der Waals surface area (Å²) in [4.78, 5) is 38.2. The van der Waals surface area contributed by atoms with Gasteiger partial charge in [-0.05, 0) is 77.0 Å². The van der Waals surface area contributed by atoms with E-state index in [0.29, 0.717) is 19.3 Å². The molecule has 0 aliphatic heterocycles. The Morgan fingerprint density at radius 2 is 0.526 bits per heavy atom. The predicted octanol–water partition coefficient (Wildman–Crippen LogP) is 23.3. The van der Waals surface area contributed by atoms with Gasteiger partial charge in [0.25, 0.3) is 0 Å². The van der Waals surface area contributed by atoms with Gasteiger partial charge in [-0.15, -0.1) is 0 Å². The second-order valence-corrected chi connectivity index (χ2v) is 22.7. The van der Waals surface area contributed by atoms with Crippen LogP contribution < -0.4 is 0 Å². The van der Waals surface area contributed by atoms with Crippen molar-refractivity contribution >= 4 is 17.9 Å². The number of carbonyl (C=O) groups is 3. The largest absolute Gasteiger partial charge is 0.462 e. The number of esters is 3. The standard InChI is InChI=1S/C72H128O6/c1-4-7-10-13-16-19-22-25-27-28-29-30-31-32-33-34-35-36-37-38-39-40-41-42-43-45-47-50-53-56-59-62-65-71(74)77-68-69(67-76-70(73)64-61-58-55-52-49-46-24-21-18-15-12-9-6-3)78-72(75)66-63-60-57-54-51-48-44-26-23-20-17-14-11-8-5-2/h9,12,17-18,20-21,26,44,46,49,55,58,69H,4-8,10-11,13-16,19,22-25,27-43,45,47-48,50-54,56-57,59-68H2,1-3H3/b12-9-,20-17-,21-18-,44-26-,49-46-,58-55-. The monoisotopic (exact) mass is 1090 g/mol. The molecule has 0 heterocycles. The minimum absolute atomic E-state index is 0.101. The van der Waals surface area contributed by atoms with Gasteiger partial charge in [0.15, 0.2) is 6.10 Å². The van der Waals surface area contributed by atoms with E-state index >= 15 is 0 Å². The van der Waals surface area contributed by atoms with E-state index in [1.165, 1.54) is 212 Å². The fourth-order valence-corrected chi connectivity index (χ4v) is 9.90. The molecule has 0 bridgehead atoms. The van der Waals surface area contributed by atoms with Crippen LogP contribution in [-0.2, 0) is 28.6 Å². The SMILES string of the molecule is CC/C=C\C/C=C\C/C=C\C/C=C\CCC(=O)OCC(COC(=O)CCCCCCCCCCCCCCCCCCCCCCCCCCCCCCCCCC)OC(=O)CCCCCCC/C=C\C/C=C\CCCCC. The molecule has 0 rings (SSSR count). The average molecular weight is 1090 g/mol. The van der Waals surface area contributed by atoms with E-state index < -0.39 is 6.10 Å². The molecule has 0 aliphatic carbocycles. The molecule has 0 aromatic rings. The lowest BCUT2D eigenvalue weighted by Gasteiger charge is -2.18. The van der Waals surface area contributed by atoms with Crippen LogP contribution in [0.4, 0.5) is 0 Å². The van der Waals surface area contributed by atoms with E-state index in [1.54, 1.807) is 0 Å². The summed E-state index contributed by atoms with van der Waals surface area (Å²) >= 11 is 0. The second-order valence-electron chi connectivity index (χ2n) is 22.7. The number of carbonyl (C=O) groups excluding carboxylic acids is 3. The van der Waals surface area contributed by atoms with Crippen molar-refractivity contribution in [1.82, 2.24) is 0 Å². The maximum atomic E-state index is 12.9. The van der Waals surface area contributed by atoms with Crippen LogP contribution in [0.15, 0.2) is 72.9 Å². The third-order valence-corrected chi connectivity index (χ3v) is 15.0. The van der Waals surface area contributed by atoms with E-state index in [0.717, 1.165) is 89.9 Å². The number of rotatable bonds is 62. The molecule has 0 N–H and O–H groups in total. The summed E-state index contributed by atoms with van der Waals surface area (Å²) in [5, 5.41) is 0. The predicted molar refractivity (Wildman–Crippen MR) is 339 cm³/mol. The molecule has 6 nitrogen and oxygen atoms in total. The zero-order valence-electron chi connectivity index (χ0n) is 51.9. The van der Waals surface area contributed by atoms with Crippen LogP contribution in [0, 0.1) is 0 Å². The Bertz CT molecular complexity index is 1440. The number of unbranched alkanes of at least 4 members (excludes halogenated alkanes) is 39. The van der Waals surface area contributed by atoms with Crippen molar-refractivity contribution in [1.29, 1.82) is 0 Å². The van der Waals surface area contributed by atoms with Crippen molar-refractivity contribution < 1.29 is 28.6 Å². The van der Waals surface area contributed by atoms with E-state index in [-0.39, 0.29) is 37.5 Å². The Morgan fingerprint density at radius 1 is 0.269 bits per heavy atom. The smallest absolute Gasteiger partial charge is 0.306 e. The normalized spacial score (nSPS) is 12.5. The topological polar surface area (TPSA) is 78.9 Å². The van der Waals surface area contributed by atoms with Crippen LogP contribution in [0.2, 0.25) is 0 Å². The summed E-state index contributed by atoms with van der Waals surface area (Å²) < 4.78 is 16.8. The summed E-state index contributed by atoms with van der Waals surface area (Å²) in [6.45, 7) is 6.46. The van der Waals surface area contributed by atoms with Gasteiger partial charge in [-0.2, -0.15) is 0 Å². The quantitative estimate of drug-likeness (QED) is 0.0261. The highest BCUT2D eigenvalue weighted by Gasteiger charge is 2.19. The fraction of sp³-hybridized carbons (Fsp3) is 0.792. The van der Waals surface area contributed by atoms with E-state index in [2.05, 4.69) is 87.6 Å². The fourth-order valence-electron chi connectivity index (χ4n) is 9.90. The van der Waals surface area contributed by atoms with Crippen LogP contribution in [0.25, 0.3) is 0 Å². The second kappa shape index (κ2) is 66.4. The van der Waals surface area contributed by atoms with Gasteiger partial charge in [0.1, 0.15) is 13.2 Å². The Labute approximate surface area is 484 Å². The van der Waals surface area contributed by atoms with Gasteiger partial charge >= 0.3 is 17.9 Å². The van der Waals surface area contributed by atoms with Gasteiger partial charge in [0.2, 0.25) is 0 Å². The first kappa shape index (κ1) is 74.8. The van der Waals surface area contributed by atoms with Crippen molar-refractivity contribution in [3.63, 3.8) is 0 Å². The number of allylic oxidation sites excluding steroid dienone is 12. The first-order valence-corrected chi connectivity index (χ1v) is 33.9. The van der Waals surface area contributed by atoms with Crippen molar-refractivity contribution in [2.45, 2.75) is 354 Å². The highest BCUT2D eigenvalue weighted by Crippen LogP contribution is 2.18. The van der Waals surface area contributed by atoms with Gasteiger partial charge in [0.05, 0.1) is 0 Å². The van der Waals surface area contributed by atoms with Crippen LogP contribution in [0.5, 0.6) is 0 Å². The van der Waals surface area contributed by atoms with E-state index in [4.69, 9.17) is 14.2 Å². The zero-order valence-corrected chi connectivity index (χ0v) is 51.9. The Balaban J connectivity index is 4.15. The Morgan fingerprint density at radius 3 is 0.885 bits per heavy atom. The van der Waals surface area contributed by atoms with Crippen LogP contribution in [-0.4, -0.2) is 37.2 Å². The molecule has 0 aliphatic rings. The molecule has 0 saturated carbocycles. The lowest BCUT2D eigenvalue weighted by atomic mass is 10.0. The highest BCUT2D eigenvalue weighted by molar-refractivity contribution is 5.71. The van der Waals surface area contributed by atoms with Crippen molar-refractivity contribution in [3.05, 3.63) is 72.9 Å². The molecule has 1 atom stereocenters. The molecule has 0 aromatic carbocycles. The van der Waals surface area contributed by atoms with E-state index in [9.17, 15) is 14.4 Å². The first-order chi connectivity index (χ1) is 38.5. The van der Waals surface area contributed by atoms with Gasteiger partial charge in [-0.1, -0.05) is 325 Å². The van der Waals surface area contributed by atoms with Gasteiger partial charge in [-0.25, -0.2) is 0 Å². The molecule has 0 saturated heterocycles. The van der Waals surface area contributed by atoms with Crippen LogP contribution in [0.3, 0.4) is 0 Å². The van der Waals surface area contributed by atoms with Gasteiger partial charge < -0.3 is 14.2 Å². The molecule has 0 fully saturated rings. The number of hydrogen-bond acceptors (Lipinski definition) is 6. The highest BCUT2D eigenvalue weighted by atomic mass is 16.6. The average Bonchev–Trinajstić information content (AvgIpc) is 3.44. The third-order valence-electron chi connectivity index (χ3n) is 15.0. The van der Waals surface area contributed by atoms with Crippen molar-refractivity contribution in [2.75, 3.05) is 13.2 Å². The maximum Gasteiger partial charge on any atom is 0.306 e. The first-order valence-electron chi connectivity index (χ1n) is 33.9. The van der Waals surface area contributed by atoms with Crippen LogP contribution >= 0.6 is 0 Å². The molecule has 78 heavy (non-hydrogen) atoms. The molecule has 0 amide bonds. The van der Waals surface area contributed by atoms with Crippen molar-refractivity contribution in [2.24, 2.45) is 0 Å². The Hall–Kier alpha value is -3.15. The summed E-state index contributed by atoms with van der Waals surface area (Å²) in [5.74, 6) is -0.986. The molecule has 6 heteroatoms. The molecule has 0 spiro atoms. The van der Waals surface area contributed by atoms with E-state index in [1.807, 2.05) is 6.08 Å². The molecule has 1 unspecified atom stereocenters. The lowest BCUT2D eigenvalue weighted by molar-refractivity contribution is -0.166. The Kier molecular flexibility index (Phi) is 63.7. The molecule has 0 radical (unpaired) electrons.